The highest BCUT2D eigenvalue weighted by Gasteiger charge is 2.02. The van der Waals surface area contributed by atoms with Gasteiger partial charge in [-0.15, -0.1) is 0 Å². The summed E-state index contributed by atoms with van der Waals surface area (Å²) >= 11 is 3.03. The molecule has 0 aliphatic rings. The normalized spacial score (nSPS) is 10.5. The third kappa shape index (κ3) is 3.63. The first-order valence-corrected chi connectivity index (χ1v) is 5.27. The van der Waals surface area contributed by atoms with Gasteiger partial charge < -0.3 is 0 Å². The Labute approximate surface area is 94.9 Å². The van der Waals surface area contributed by atoms with Crippen molar-refractivity contribution in [1.82, 2.24) is 0 Å². The van der Waals surface area contributed by atoms with Gasteiger partial charge in [-0.25, -0.2) is 0 Å². The molecule has 1 rings (SSSR count). The van der Waals surface area contributed by atoms with E-state index in [1.807, 2.05) is 0 Å². The topological polar surface area (TPSA) is 60.2 Å². The van der Waals surface area contributed by atoms with Crippen LogP contribution in [0.3, 0.4) is 0 Å². The number of allylic oxidation sites excluding steroid dienone is 1. The van der Waals surface area contributed by atoms with E-state index in [9.17, 15) is 14.9 Å². The minimum absolute atomic E-state index is 0.0407. The maximum Gasteiger partial charge on any atom is 0.269 e. The van der Waals surface area contributed by atoms with Crippen LogP contribution in [-0.4, -0.2) is 16.0 Å². The van der Waals surface area contributed by atoms with Gasteiger partial charge in [-0.1, -0.05) is 22.0 Å². The Kier molecular flexibility index (Phi) is 4.17. The second-order valence-corrected chi connectivity index (χ2v) is 3.34. The number of nitro benzene ring substituents is 1. The molecule has 0 saturated heterocycles. The molecule has 0 aliphatic carbocycles. The Morgan fingerprint density at radius 3 is 2.47 bits per heavy atom. The molecular formula is C10H8BrNO3. The van der Waals surface area contributed by atoms with E-state index in [0.29, 0.717) is 0 Å². The van der Waals surface area contributed by atoms with E-state index in [4.69, 9.17) is 0 Å². The number of rotatable bonds is 4. The lowest BCUT2D eigenvalue weighted by Crippen LogP contribution is -1.91. The van der Waals surface area contributed by atoms with Gasteiger partial charge >= 0.3 is 0 Å². The number of alkyl halides is 1. The molecule has 0 heterocycles. The fourth-order valence-electron chi connectivity index (χ4n) is 0.941. The number of benzene rings is 1. The van der Waals surface area contributed by atoms with Gasteiger partial charge in [0.25, 0.3) is 5.69 Å². The molecule has 0 radical (unpaired) electrons. The molecule has 0 atom stereocenters. The summed E-state index contributed by atoms with van der Waals surface area (Å²) in [7, 11) is 0. The van der Waals surface area contributed by atoms with Crippen LogP contribution in [0.5, 0.6) is 0 Å². The summed E-state index contributed by atoms with van der Waals surface area (Å²) in [6, 6.07) is 5.99. The van der Waals surface area contributed by atoms with Crippen molar-refractivity contribution in [3.05, 3.63) is 46.0 Å². The zero-order valence-corrected chi connectivity index (χ0v) is 9.31. The maximum absolute atomic E-state index is 10.9. The highest BCUT2D eigenvalue weighted by Crippen LogP contribution is 2.12. The Balaban J connectivity index is 2.77. The number of carbonyl (C=O) groups is 1. The lowest BCUT2D eigenvalue weighted by atomic mass is 10.2. The number of halogens is 1. The quantitative estimate of drug-likeness (QED) is 0.365. The smallest absolute Gasteiger partial charge is 0.269 e. The highest BCUT2D eigenvalue weighted by molar-refractivity contribution is 9.09. The van der Waals surface area contributed by atoms with Crippen LogP contribution in [0, 0.1) is 10.1 Å². The van der Waals surface area contributed by atoms with Crippen molar-refractivity contribution in [3.63, 3.8) is 0 Å². The third-order valence-corrected chi connectivity index (χ3v) is 2.25. The predicted molar refractivity (Wildman–Crippen MR) is 60.9 cm³/mol. The number of nitro groups is 1. The predicted octanol–water partition coefficient (Wildman–Crippen LogP) is 2.57. The maximum atomic E-state index is 10.9. The molecule has 4 nitrogen and oxygen atoms in total. The molecule has 0 spiro atoms. The van der Waals surface area contributed by atoms with E-state index in [1.54, 1.807) is 18.2 Å². The number of ketones is 1. The summed E-state index contributed by atoms with van der Waals surface area (Å²) in [6.45, 7) is 0. The Morgan fingerprint density at radius 2 is 2.00 bits per heavy atom. The second-order valence-electron chi connectivity index (χ2n) is 2.78. The molecule has 1 aromatic carbocycles. The van der Waals surface area contributed by atoms with Crippen LogP contribution in [0.2, 0.25) is 0 Å². The summed E-state index contributed by atoms with van der Waals surface area (Å²) in [4.78, 5) is 20.8. The first-order chi connectivity index (χ1) is 7.13. The zero-order valence-electron chi connectivity index (χ0n) is 7.72. The monoisotopic (exact) mass is 269 g/mol. The Morgan fingerprint density at radius 1 is 1.40 bits per heavy atom. The number of non-ortho nitro benzene ring substituents is 1. The Hall–Kier alpha value is -1.49. The van der Waals surface area contributed by atoms with Crippen LogP contribution in [0.4, 0.5) is 5.69 Å². The molecule has 0 bridgehead atoms. The zero-order chi connectivity index (χ0) is 11.3. The number of hydrogen-bond donors (Lipinski definition) is 0. The molecule has 0 aromatic heterocycles. The molecule has 0 fully saturated rings. The van der Waals surface area contributed by atoms with Gasteiger partial charge in [0.2, 0.25) is 0 Å². The molecule has 0 aliphatic heterocycles. The van der Waals surface area contributed by atoms with E-state index < -0.39 is 4.92 Å². The van der Waals surface area contributed by atoms with E-state index in [1.165, 1.54) is 18.2 Å². The van der Waals surface area contributed by atoms with Gasteiger partial charge in [-0.3, -0.25) is 14.9 Å². The van der Waals surface area contributed by atoms with Crippen LogP contribution in [0.15, 0.2) is 30.3 Å². The molecule has 1 aromatic rings. The molecule has 78 valence electrons. The van der Waals surface area contributed by atoms with Gasteiger partial charge in [0.1, 0.15) is 0 Å². The summed E-state index contributed by atoms with van der Waals surface area (Å²) in [5.41, 5.74) is 0.800. The van der Waals surface area contributed by atoms with Crippen LogP contribution in [-0.2, 0) is 4.79 Å². The van der Waals surface area contributed by atoms with Gasteiger partial charge in [0, 0.05) is 12.1 Å². The average molecular weight is 270 g/mol. The SMILES string of the molecule is O=C(C=Cc1ccc([N+](=O)[O-])cc1)CBr. The second kappa shape index (κ2) is 5.41. The number of hydrogen-bond acceptors (Lipinski definition) is 3. The lowest BCUT2D eigenvalue weighted by molar-refractivity contribution is -0.384. The van der Waals surface area contributed by atoms with Crippen LogP contribution in [0.1, 0.15) is 5.56 Å². The fraction of sp³-hybridized carbons (Fsp3) is 0.100. The van der Waals surface area contributed by atoms with Crippen molar-refractivity contribution in [1.29, 1.82) is 0 Å². The van der Waals surface area contributed by atoms with Gasteiger partial charge in [-0.05, 0) is 23.8 Å². The van der Waals surface area contributed by atoms with Crippen molar-refractivity contribution >= 4 is 33.5 Å². The van der Waals surface area contributed by atoms with E-state index in [-0.39, 0.29) is 16.8 Å². The largest absolute Gasteiger partial charge is 0.294 e. The average Bonchev–Trinajstić information content (AvgIpc) is 2.26. The minimum Gasteiger partial charge on any atom is -0.294 e. The van der Waals surface area contributed by atoms with Crippen molar-refractivity contribution in [2.24, 2.45) is 0 Å². The molecule has 0 saturated carbocycles. The third-order valence-electron chi connectivity index (χ3n) is 1.70. The molecule has 0 unspecified atom stereocenters. The van der Waals surface area contributed by atoms with Crippen molar-refractivity contribution in [3.8, 4) is 0 Å². The van der Waals surface area contributed by atoms with Gasteiger partial charge in [-0.2, -0.15) is 0 Å². The molecule has 0 amide bonds. The highest BCUT2D eigenvalue weighted by atomic mass is 79.9. The standard InChI is InChI=1S/C10H8BrNO3/c11-7-10(13)6-3-8-1-4-9(5-2-8)12(14)15/h1-6H,7H2. The summed E-state index contributed by atoms with van der Waals surface area (Å²) in [6.07, 6.45) is 3.04. The summed E-state index contributed by atoms with van der Waals surface area (Å²) < 4.78 is 0. The van der Waals surface area contributed by atoms with Crippen molar-refractivity contribution in [2.75, 3.05) is 5.33 Å². The van der Waals surface area contributed by atoms with E-state index in [2.05, 4.69) is 15.9 Å². The first-order valence-electron chi connectivity index (χ1n) is 4.15. The molecule has 15 heavy (non-hydrogen) atoms. The molecule has 0 N–H and O–H groups in total. The van der Waals surface area contributed by atoms with Crippen LogP contribution < -0.4 is 0 Å². The summed E-state index contributed by atoms with van der Waals surface area (Å²) in [5, 5.41) is 10.6. The number of carbonyl (C=O) groups excluding carboxylic acids is 1. The minimum atomic E-state index is -0.461. The van der Waals surface area contributed by atoms with E-state index >= 15 is 0 Å². The van der Waals surface area contributed by atoms with Crippen molar-refractivity contribution < 1.29 is 9.72 Å². The first kappa shape index (κ1) is 11.6. The lowest BCUT2D eigenvalue weighted by Gasteiger charge is -1.93. The number of nitrogens with zero attached hydrogens (tertiary/aromatic N) is 1. The summed E-state index contributed by atoms with van der Waals surface area (Å²) in [5.74, 6) is -0.0478. The van der Waals surface area contributed by atoms with Gasteiger partial charge in [0.15, 0.2) is 5.78 Å². The van der Waals surface area contributed by atoms with Gasteiger partial charge in [0.05, 0.1) is 10.3 Å². The Bertz CT molecular complexity index is 398. The fourth-order valence-corrected chi connectivity index (χ4v) is 1.13. The van der Waals surface area contributed by atoms with Crippen LogP contribution in [0.25, 0.3) is 6.08 Å². The molecular weight excluding hydrogens is 262 g/mol. The van der Waals surface area contributed by atoms with E-state index in [0.717, 1.165) is 5.56 Å². The van der Waals surface area contributed by atoms with Crippen LogP contribution >= 0.6 is 15.9 Å². The van der Waals surface area contributed by atoms with Crippen molar-refractivity contribution in [2.45, 2.75) is 0 Å². The molecule has 5 heteroatoms.